The third-order valence-electron chi connectivity index (χ3n) is 4.66. The summed E-state index contributed by atoms with van der Waals surface area (Å²) in [5, 5.41) is 7.83. The number of nitrogens with one attached hydrogen (secondary N) is 1. The number of amides is 1. The van der Waals surface area contributed by atoms with Gasteiger partial charge in [0.25, 0.3) is 5.56 Å². The number of hydrogen-bond acceptors (Lipinski definition) is 4. The van der Waals surface area contributed by atoms with Crippen molar-refractivity contribution in [3.05, 3.63) is 81.7 Å². The highest BCUT2D eigenvalue weighted by Gasteiger charge is 2.12. The lowest BCUT2D eigenvalue weighted by atomic mass is 10.2. The second kappa shape index (κ2) is 8.08. The first-order valence-corrected chi connectivity index (χ1v) is 9.55. The average Bonchev–Trinajstić information content (AvgIpc) is 3.16. The molecule has 7 nitrogen and oxygen atoms in total. The second-order valence-electron chi connectivity index (χ2n) is 6.78. The Morgan fingerprint density at radius 3 is 2.70 bits per heavy atom. The number of aromatic nitrogens is 4. The molecule has 0 bridgehead atoms. The SMILES string of the molecule is Cc1ccc(NC(=O)CCn2cnc3c(cnn3-c3ccc(F)cc3)c2=O)cc1Cl. The van der Waals surface area contributed by atoms with Crippen molar-refractivity contribution in [3.63, 3.8) is 0 Å². The lowest BCUT2D eigenvalue weighted by molar-refractivity contribution is -0.116. The van der Waals surface area contributed by atoms with Gasteiger partial charge < -0.3 is 5.32 Å². The maximum atomic E-state index is 13.1. The van der Waals surface area contributed by atoms with E-state index in [1.165, 1.54) is 33.9 Å². The van der Waals surface area contributed by atoms with Crippen molar-refractivity contribution >= 4 is 34.2 Å². The molecule has 0 spiro atoms. The molecule has 1 amide bonds. The first-order chi connectivity index (χ1) is 14.4. The van der Waals surface area contributed by atoms with Gasteiger partial charge in [0, 0.05) is 23.7 Å². The lowest BCUT2D eigenvalue weighted by Crippen LogP contribution is -2.23. The standard InChI is InChI=1S/C21H17ClFN5O2/c1-13-2-5-15(10-18(13)22)26-19(29)8-9-27-12-24-20-17(21(27)30)11-25-28(20)16-6-3-14(23)4-7-16/h2-7,10-12H,8-9H2,1H3,(H,26,29). The minimum Gasteiger partial charge on any atom is -0.326 e. The zero-order chi connectivity index (χ0) is 21.3. The molecular weight excluding hydrogens is 409 g/mol. The molecule has 9 heteroatoms. The third kappa shape index (κ3) is 3.95. The molecule has 0 saturated heterocycles. The zero-order valence-corrected chi connectivity index (χ0v) is 16.7. The summed E-state index contributed by atoms with van der Waals surface area (Å²) in [6.07, 6.45) is 2.88. The summed E-state index contributed by atoms with van der Waals surface area (Å²) in [5.74, 6) is -0.611. The molecule has 4 rings (SSSR count). The number of nitrogens with zero attached hydrogens (tertiary/aromatic N) is 4. The van der Waals surface area contributed by atoms with Crippen molar-refractivity contribution in [2.45, 2.75) is 19.9 Å². The number of fused-ring (bicyclic) bond motifs is 1. The fourth-order valence-electron chi connectivity index (χ4n) is 3.00. The van der Waals surface area contributed by atoms with E-state index in [9.17, 15) is 14.0 Å². The highest BCUT2D eigenvalue weighted by atomic mass is 35.5. The molecule has 1 N–H and O–H groups in total. The molecule has 2 aromatic carbocycles. The van der Waals surface area contributed by atoms with Crippen LogP contribution in [0.25, 0.3) is 16.7 Å². The van der Waals surface area contributed by atoms with Gasteiger partial charge in [0.05, 0.1) is 18.2 Å². The molecule has 0 unspecified atom stereocenters. The van der Waals surface area contributed by atoms with E-state index >= 15 is 0 Å². The molecule has 0 saturated carbocycles. The number of aryl methyl sites for hydroxylation is 2. The Hall–Kier alpha value is -3.52. The molecule has 2 aromatic heterocycles. The van der Waals surface area contributed by atoms with E-state index in [1.54, 1.807) is 24.3 Å². The van der Waals surface area contributed by atoms with Crippen LogP contribution in [0.5, 0.6) is 0 Å². The van der Waals surface area contributed by atoms with Crippen molar-refractivity contribution in [2.24, 2.45) is 0 Å². The molecule has 0 aliphatic carbocycles. The van der Waals surface area contributed by atoms with Crippen molar-refractivity contribution in [1.82, 2.24) is 19.3 Å². The molecule has 0 atom stereocenters. The maximum absolute atomic E-state index is 13.1. The molecule has 4 aromatic rings. The summed E-state index contributed by atoms with van der Waals surface area (Å²) < 4.78 is 16.0. The fraction of sp³-hybridized carbons (Fsp3) is 0.143. The van der Waals surface area contributed by atoms with Gasteiger partial charge in [0.1, 0.15) is 11.2 Å². The topological polar surface area (TPSA) is 81.8 Å². The highest BCUT2D eigenvalue weighted by Crippen LogP contribution is 2.20. The van der Waals surface area contributed by atoms with E-state index < -0.39 is 0 Å². The smallest absolute Gasteiger partial charge is 0.264 e. The normalized spacial score (nSPS) is 11.0. The Morgan fingerprint density at radius 2 is 1.97 bits per heavy atom. The summed E-state index contributed by atoms with van der Waals surface area (Å²) in [6, 6.07) is 11.0. The van der Waals surface area contributed by atoms with Crippen molar-refractivity contribution in [1.29, 1.82) is 0 Å². The largest absolute Gasteiger partial charge is 0.326 e. The monoisotopic (exact) mass is 425 g/mol. The summed E-state index contributed by atoms with van der Waals surface area (Å²) in [4.78, 5) is 29.3. The Kier molecular flexibility index (Phi) is 5.33. The van der Waals surface area contributed by atoms with Crippen LogP contribution in [0.2, 0.25) is 5.02 Å². The van der Waals surface area contributed by atoms with E-state index in [4.69, 9.17) is 11.6 Å². The number of anilines is 1. The number of halogens is 2. The van der Waals surface area contributed by atoms with Crippen molar-refractivity contribution < 1.29 is 9.18 Å². The molecule has 2 heterocycles. The quantitative estimate of drug-likeness (QED) is 0.528. The summed E-state index contributed by atoms with van der Waals surface area (Å²) in [5.41, 5.74) is 2.16. The van der Waals surface area contributed by atoms with Gasteiger partial charge in [0.2, 0.25) is 5.91 Å². The molecule has 0 aliphatic rings. The highest BCUT2D eigenvalue weighted by molar-refractivity contribution is 6.31. The third-order valence-corrected chi connectivity index (χ3v) is 5.07. The molecule has 0 radical (unpaired) electrons. The fourth-order valence-corrected chi connectivity index (χ4v) is 3.18. The summed E-state index contributed by atoms with van der Waals surface area (Å²) in [7, 11) is 0. The van der Waals surface area contributed by atoms with Gasteiger partial charge >= 0.3 is 0 Å². The predicted molar refractivity (Wildman–Crippen MR) is 113 cm³/mol. The molecular formula is C21H17ClFN5O2. The molecule has 0 aliphatic heterocycles. The van der Waals surface area contributed by atoms with Crippen LogP contribution in [0, 0.1) is 12.7 Å². The molecule has 152 valence electrons. The van der Waals surface area contributed by atoms with Crippen LogP contribution in [0.1, 0.15) is 12.0 Å². The average molecular weight is 426 g/mol. The first kappa shape index (κ1) is 19.8. The van der Waals surface area contributed by atoms with E-state index in [2.05, 4.69) is 15.4 Å². The van der Waals surface area contributed by atoms with Crippen LogP contribution in [0.4, 0.5) is 10.1 Å². The van der Waals surface area contributed by atoms with Crippen molar-refractivity contribution in [2.75, 3.05) is 5.32 Å². The second-order valence-corrected chi connectivity index (χ2v) is 7.18. The van der Waals surface area contributed by atoms with Crippen molar-refractivity contribution in [3.8, 4) is 5.69 Å². The Bertz CT molecular complexity index is 1300. The Labute approximate surface area is 175 Å². The van der Waals surface area contributed by atoms with Gasteiger partial charge in [-0.25, -0.2) is 14.1 Å². The van der Waals surface area contributed by atoms with Gasteiger partial charge in [-0.1, -0.05) is 17.7 Å². The number of carbonyl (C=O) groups excluding carboxylic acids is 1. The lowest BCUT2D eigenvalue weighted by Gasteiger charge is -2.08. The van der Waals surface area contributed by atoms with Crippen LogP contribution < -0.4 is 10.9 Å². The van der Waals surface area contributed by atoms with E-state index in [0.29, 0.717) is 27.4 Å². The van der Waals surface area contributed by atoms with Gasteiger partial charge in [-0.2, -0.15) is 5.10 Å². The van der Waals surface area contributed by atoms with Gasteiger partial charge in [0.15, 0.2) is 5.65 Å². The maximum Gasteiger partial charge on any atom is 0.264 e. The van der Waals surface area contributed by atoms with Gasteiger partial charge in [-0.05, 0) is 48.9 Å². The summed E-state index contributed by atoms with van der Waals surface area (Å²) in [6.45, 7) is 2.04. The summed E-state index contributed by atoms with van der Waals surface area (Å²) >= 11 is 6.07. The van der Waals surface area contributed by atoms with Crippen LogP contribution in [0.3, 0.4) is 0 Å². The zero-order valence-electron chi connectivity index (χ0n) is 16.0. The Morgan fingerprint density at radius 1 is 1.20 bits per heavy atom. The molecule has 0 fully saturated rings. The van der Waals surface area contributed by atoms with Crippen LogP contribution in [-0.2, 0) is 11.3 Å². The molecule has 30 heavy (non-hydrogen) atoms. The van der Waals surface area contributed by atoms with E-state index in [0.717, 1.165) is 5.56 Å². The number of carbonyl (C=O) groups is 1. The van der Waals surface area contributed by atoms with Crippen LogP contribution >= 0.6 is 11.6 Å². The number of hydrogen-bond donors (Lipinski definition) is 1. The first-order valence-electron chi connectivity index (χ1n) is 9.17. The predicted octanol–water partition coefficient (Wildman–Crippen LogP) is 3.71. The number of rotatable bonds is 5. The van der Waals surface area contributed by atoms with Gasteiger partial charge in [-0.15, -0.1) is 0 Å². The Balaban J connectivity index is 1.50. The minimum atomic E-state index is -0.364. The van der Waals surface area contributed by atoms with Gasteiger partial charge in [-0.3, -0.25) is 14.2 Å². The number of benzene rings is 2. The minimum absolute atomic E-state index is 0.0880. The van der Waals surface area contributed by atoms with Crippen LogP contribution in [0.15, 0.2) is 59.8 Å². The van der Waals surface area contributed by atoms with E-state index in [1.807, 2.05) is 13.0 Å². The van der Waals surface area contributed by atoms with E-state index in [-0.39, 0.29) is 30.2 Å². The van der Waals surface area contributed by atoms with Crippen LogP contribution in [-0.4, -0.2) is 25.2 Å².